The number of hydrogen-bond donors (Lipinski definition) is 0. The fourth-order valence-corrected chi connectivity index (χ4v) is 2.95. The molecule has 138 valence electrons. The van der Waals surface area contributed by atoms with Gasteiger partial charge in [0.2, 0.25) is 0 Å². The number of amides is 1. The van der Waals surface area contributed by atoms with Gasteiger partial charge in [-0.05, 0) is 31.2 Å². The molecule has 0 spiro atoms. The van der Waals surface area contributed by atoms with Gasteiger partial charge in [-0.15, -0.1) is 0 Å². The van der Waals surface area contributed by atoms with Crippen LogP contribution in [0.4, 0.5) is 0 Å². The Morgan fingerprint density at radius 1 is 1.19 bits per heavy atom. The number of likely N-dealkylation sites (tertiary alicyclic amines) is 1. The van der Waals surface area contributed by atoms with E-state index in [-0.39, 0.29) is 18.6 Å². The number of halogens is 1. The van der Waals surface area contributed by atoms with E-state index >= 15 is 0 Å². The van der Waals surface area contributed by atoms with E-state index in [1.807, 2.05) is 0 Å². The summed E-state index contributed by atoms with van der Waals surface area (Å²) in [4.78, 5) is 25.4. The standard InChI is InChI=1S/C19H20ClNO5/c1-13-10-17(11-19(23)25-13)26-16-6-8-21(9-7-16)18(22)12-24-15-4-2-14(20)3-5-15/h2-5,10-11,16H,6-9,12H2,1H3. The van der Waals surface area contributed by atoms with Crippen molar-refractivity contribution in [3.63, 3.8) is 0 Å². The third kappa shape index (κ3) is 5.02. The monoisotopic (exact) mass is 377 g/mol. The van der Waals surface area contributed by atoms with Crippen LogP contribution in [0.3, 0.4) is 0 Å². The fourth-order valence-electron chi connectivity index (χ4n) is 2.83. The summed E-state index contributed by atoms with van der Waals surface area (Å²) in [5, 5.41) is 0.622. The van der Waals surface area contributed by atoms with Gasteiger partial charge in [-0.1, -0.05) is 11.6 Å². The van der Waals surface area contributed by atoms with Crippen LogP contribution in [0.5, 0.6) is 11.5 Å². The Hall–Kier alpha value is -2.47. The maximum Gasteiger partial charge on any atom is 0.339 e. The van der Waals surface area contributed by atoms with Crippen LogP contribution in [-0.2, 0) is 4.79 Å². The lowest BCUT2D eigenvalue weighted by Crippen LogP contribution is -2.43. The van der Waals surface area contributed by atoms with E-state index in [2.05, 4.69) is 0 Å². The Kier molecular flexibility index (Phi) is 5.83. The largest absolute Gasteiger partial charge is 0.490 e. The number of hydrogen-bond acceptors (Lipinski definition) is 5. The minimum atomic E-state index is -0.424. The van der Waals surface area contributed by atoms with E-state index in [0.717, 1.165) is 0 Å². The van der Waals surface area contributed by atoms with Crippen LogP contribution in [0.2, 0.25) is 5.02 Å². The van der Waals surface area contributed by atoms with Gasteiger partial charge in [-0.3, -0.25) is 4.79 Å². The molecule has 7 heteroatoms. The van der Waals surface area contributed by atoms with Crippen molar-refractivity contribution in [3.8, 4) is 11.5 Å². The van der Waals surface area contributed by atoms with E-state index < -0.39 is 5.63 Å². The van der Waals surface area contributed by atoms with E-state index in [1.54, 1.807) is 42.2 Å². The van der Waals surface area contributed by atoms with Crippen LogP contribution >= 0.6 is 11.6 Å². The van der Waals surface area contributed by atoms with Gasteiger partial charge in [0.1, 0.15) is 23.4 Å². The summed E-state index contributed by atoms with van der Waals surface area (Å²) in [7, 11) is 0. The van der Waals surface area contributed by atoms with E-state index in [9.17, 15) is 9.59 Å². The molecular weight excluding hydrogens is 358 g/mol. The van der Waals surface area contributed by atoms with Gasteiger partial charge in [0.15, 0.2) is 6.61 Å². The van der Waals surface area contributed by atoms with Gasteiger partial charge in [0.05, 0.1) is 6.07 Å². The third-order valence-corrected chi connectivity index (χ3v) is 4.39. The number of aryl methyl sites for hydroxylation is 1. The third-order valence-electron chi connectivity index (χ3n) is 4.14. The zero-order valence-electron chi connectivity index (χ0n) is 14.4. The van der Waals surface area contributed by atoms with Crippen molar-refractivity contribution < 1.29 is 18.7 Å². The van der Waals surface area contributed by atoms with Crippen LogP contribution in [0, 0.1) is 6.92 Å². The Labute approximate surface area is 156 Å². The fraction of sp³-hybridized carbons (Fsp3) is 0.368. The number of benzene rings is 1. The molecule has 0 saturated carbocycles. The van der Waals surface area contributed by atoms with Gasteiger partial charge in [-0.25, -0.2) is 4.79 Å². The summed E-state index contributed by atoms with van der Waals surface area (Å²) >= 11 is 5.82. The number of nitrogens with zero attached hydrogens (tertiary/aromatic N) is 1. The first-order valence-electron chi connectivity index (χ1n) is 8.44. The molecule has 0 aliphatic carbocycles. The van der Waals surface area contributed by atoms with Crippen LogP contribution in [0.25, 0.3) is 0 Å². The summed E-state index contributed by atoms with van der Waals surface area (Å²) in [6, 6.07) is 9.93. The zero-order valence-corrected chi connectivity index (χ0v) is 15.2. The highest BCUT2D eigenvalue weighted by molar-refractivity contribution is 6.30. The zero-order chi connectivity index (χ0) is 18.5. The molecule has 1 aliphatic rings. The van der Waals surface area contributed by atoms with Gasteiger partial charge in [0, 0.05) is 37.0 Å². The first kappa shape index (κ1) is 18.3. The highest BCUT2D eigenvalue weighted by Gasteiger charge is 2.24. The topological polar surface area (TPSA) is 69.0 Å². The molecule has 0 bridgehead atoms. The van der Waals surface area contributed by atoms with Crippen molar-refractivity contribution in [2.45, 2.75) is 25.9 Å². The molecule has 1 fully saturated rings. The molecule has 3 rings (SSSR count). The second-order valence-corrected chi connectivity index (χ2v) is 6.60. The molecule has 0 unspecified atom stereocenters. The van der Waals surface area contributed by atoms with Crippen LogP contribution in [-0.4, -0.2) is 36.6 Å². The maximum absolute atomic E-state index is 12.3. The lowest BCUT2D eigenvalue weighted by Gasteiger charge is -2.32. The number of piperidine rings is 1. The predicted octanol–water partition coefficient (Wildman–Crippen LogP) is 3.05. The van der Waals surface area contributed by atoms with Crippen molar-refractivity contribution in [1.29, 1.82) is 0 Å². The van der Waals surface area contributed by atoms with E-state index in [0.29, 0.717) is 48.2 Å². The molecule has 2 heterocycles. The molecule has 1 saturated heterocycles. The van der Waals surface area contributed by atoms with Gasteiger partial charge in [0.25, 0.3) is 5.91 Å². The summed E-state index contributed by atoms with van der Waals surface area (Å²) in [5.74, 6) is 1.57. The second-order valence-electron chi connectivity index (χ2n) is 6.16. The van der Waals surface area contributed by atoms with E-state index in [1.165, 1.54) is 6.07 Å². The van der Waals surface area contributed by atoms with Crippen molar-refractivity contribution in [2.75, 3.05) is 19.7 Å². The molecule has 1 aromatic heterocycles. The Balaban J connectivity index is 1.46. The van der Waals surface area contributed by atoms with Gasteiger partial charge < -0.3 is 18.8 Å². The Bertz CT molecular complexity index is 809. The van der Waals surface area contributed by atoms with Crippen molar-refractivity contribution in [3.05, 3.63) is 57.6 Å². The first-order chi connectivity index (χ1) is 12.5. The molecular formula is C19H20ClNO5. The second kappa shape index (κ2) is 8.27. The summed E-state index contributed by atoms with van der Waals surface area (Å²) < 4.78 is 16.3. The first-order valence-corrected chi connectivity index (χ1v) is 8.82. The lowest BCUT2D eigenvalue weighted by atomic mass is 10.1. The average molecular weight is 378 g/mol. The lowest BCUT2D eigenvalue weighted by molar-refractivity contribution is -0.135. The molecule has 1 amide bonds. The van der Waals surface area contributed by atoms with Crippen molar-refractivity contribution >= 4 is 17.5 Å². The van der Waals surface area contributed by atoms with Gasteiger partial charge >= 0.3 is 5.63 Å². The smallest absolute Gasteiger partial charge is 0.339 e. The molecule has 6 nitrogen and oxygen atoms in total. The highest BCUT2D eigenvalue weighted by atomic mass is 35.5. The number of ether oxygens (including phenoxy) is 2. The predicted molar refractivity (Wildman–Crippen MR) is 96.9 cm³/mol. The molecule has 0 radical (unpaired) electrons. The minimum Gasteiger partial charge on any atom is -0.490 e. The summed E-state index contributed by atoms with van der Waals surface area (Å²) in [6.07, 6.45) is 1.37. The maximum atomic E-state index is 12.3. The molecule has 0 N–H and O–H groups in total. The minimum absolute atomic E-state index is 0.00786. The van der Waals surface area contributed by atoms with E-state index in [4.69, 9.17) is 25.5 Å². The average Bonchev–Trinajstić information content (AvgIpc) is 2.61. The Morgan fingerprint density at radius 3 is 2.54 bits per heavy atom. The normalized spacial score (nSPS) is 14.9. The number of carbonyl (C=O) groups excluding carboxylic acids is 1. The van der Waals surface area contributed by atoms with Crippen LogP contribution in [0.1, 0.15) is 18.6 Å². The highest BCUT2D eigenvalue weighted by Crippen LogP contribution is 2.19. The van der Waals surface area contributed by atoms with Gasteiger partial charge in [-0.2, -0.15) is 0 Å². The van der Waals surface area contributed by atoms with Crippen LogP contribution in [0.15, 0.2) is 45.6 Å². The molecule has 0 atom stereocenters. The van der Waals surface area contributed by atoms with Crippen molar-refractivity contribution in [2.24, 2.45) is 0 Å². The molecule has 1 aromatic carbocycles. The quantitative estimate of drug-likeness (QED) is 0.801. The summed E-state index contributed by atoms with van der Waals surface area (Å²) in [5.41, 5.74) is -0.424. The molecule has 2 aromatic rings. The number of carbonyl (C=O) groups is 1. The van der Waals surface area contributed by atoms with Crippen LogP contribution < -0.4 is 15.1 Å². The molecule has 1 aliphatic heterocycles. The number of rotatable bonds is 5. The summed E-state index contributed by atoms with van der Waals surface area (Å²) in [6.45, 7) is 2.88. The van der Waals surface area contributed by atoms with Crippen molar-refractivity contribution in [1.82, 2.24) is 4.90 Å². The Morgan fingerprint density at radius 2 is 1.88 bits per heavy atom. The SMILES string of the molecule is Cc1cc(OC2CCN(C(=O)COc3ccc(Cl)cc3)CC2)cc(=O)o1. The molecule has 26 heavy (non-hydrogen) atoms.